The van der Waals surface area contributed by atoms with E-state index in [0.717, 1.165) is 0 Å². The van der Waals surface area contributed by atoms with Crippen molar-refractivity contribution in [1.29, 1.82) is 5.26 Å². The van der Waals surface area contributed by atoms with Gasteiger partial charge in [-0.3, -0.25) is 10.1 Å². The molecular formula is C10H14N4OS. The lowest BCUT2D eigenvalue weighted by molar-refractivity contribution is 0.560. The molecule has 2 N–H and O–H groups in total. The highest BCUT2D eigenvalue weighted by molar-refractivity contribution is 7.99. The molecule has 16 heavy (non-hydrogen) atoms. The smallest absolute Gasteiger partial charge is 0.251 e. The first-order valence-corrected chi connectivity index (χ1v) is 5.94. The topological polar surface area (TPSA) is 81.6 Å². The van der Waals surface area contributed by atoms with Crippen molar-refractivity contribution in [3.05, 3.63) is 22.6 Å². The standard InChI is InChI=1S/C10H14N4OS/c1-7(2)13-8(5-11)6-16-10-12-4-3-9(15)14-10/h3-4,7-8,13H,6H2,1-2H3,(H,12,14,15). The summed E-state index contributed by atoms with van der Waals surface area (Å²) < 4.78 is 0. The second kappa shape index (κ2) is 6.30. The van der Waals surface area contributed by atoms with E-state index in [0.29, 0.717) is 10.9 Å². The van der Waals surface area contributed by atoms with E-state index in [4.69, 9.17) is 5.26 Å². The molecule has 1 aromatic rings. The van der Waals surface area contributed by atoms with Crippen molar-refractivity contribution in [3.8, 4) is 6.07 Å². The summed E-state index contributed by atoms with van der Waals surface area (Å²) in [5.74, 6) is 0.557. The van der Waals surface area contributed by atoms with Gasteiger partial charge >= 0.3 is 0 Å². The van der Waals surface area contributed by atoms with Crippen LogP contribution in [-0.2, 0) is 0 Å². The minimum Gasteiger partial charge on any atom is -0.301 e. The van der Waals surface area contributed by atoms with E-state index in [1.54, 1.807) is 0 Å². The third-order valence-corrected chi connectivity index (χ3v) is 2.71. The van der Waals surface area contributed by atoms with Gasteiger partial charge in [-0.05, 0) is 13.8 Å². The zero-order valence-electron chi connectivity index (χ0n) is 9.23. The normalized spacial score (nSPS) is 12.4. The van der Waals surface area contributed by atoms with Crippen LogP contribution < -0.4 is 10.9 Å². The molecule has 0 aliphatic carbocycles. The molecule has 1 atom stereocenters. The molecule has 0 saturated heterocycles. The number of rotatable bonds is 5. The number of nitriles is 1. The van der Waals surface area contributed by atoms with Crippen molar-refractivity contribution < 1.29 is 0 Å². The van der Waals surface area contributed by atoms with Gasteiger partial charge in [0, 0.05) is 24.1 Å². The van der Waals surface area contributed by atoms with Crippen LogP contribution in [0.2, 0.25) is 0 Å². The molecule has 1 aromatic heterocycles. The number of H-pyrrole nitrogens is 1. The van der Waals surface area contributed by atoms with Crippen LogP contribution in [0, 0.1) is 11.3 Å². The quantitative estimate of drug-likeness (QED) is 0.584. The maximum atomic E-state index is 11.0. The van der Waals surface area contributed by atoms with Crippen molar-refractivity contribution in [2.24, 2.45) is 0 Å². The second-order valence-electron chi connectivity index (χ2n) is 3.55. The van der Waals surface area contributed by atoms with Gasteiger partial charge in [-0.25, -0.2) is 4.98 Å². The summed E-state index contributed by atoms with van der Waals surface area (Å²) in [5, 5.41) is 12.5. The van der Waals surface area contributed by atoms with Gasteiger partial charge in [0.2, 0.25) is 0 Å². The molecule has 0 aromatic carbocycles. The Kier molecular flexibility index (Phi) is 5.02. The first-order valence-electron chi connectivity index (χ1n) is 4.95. The average Bonchev–Trinajstić information content (AvgIpc) is 2.24. The number of nitrogens with one attached hydrogen (secondary N) is 2. The molecule has 1 heterocycles. The fourth-order valence-corrected chi connectivity index (χ4v) is 1.92. The molecule has 6 heteroatoms. The first kappa shape index (κ1) is 12.7. The van der Waals surface area contributed by atoms with Gasteiger partial charge in [-0.2, -0.15) is 5.26 Å². The Labute approximate surface area is 98.3 Å². The van der Waals surface area contributed by atoms with E-state index < -0.39 is 0 Å². The summed E-state index contributed by atoms with van der Waals surface area (Å²) >= 11 is 1.36. The predicted molar refractivity (Wildman–Crippen MR) is 63.3 cm³/mol. The van der Waals surface area contributed by atoms with Gasteiger partial charge in [0.25, 0.3) is 5.56 Å². The molecule has 86 valence electrons. The second-order valence-corrected chi connectivity index (χ2v) is 4.56. The fourth-order valence-electron chi connectivity index (χ4n) is 1.11. The molecule has 0 aliphatic heterocycles. The Morgan fingerprint density at radius 1 is 1.69 bits per heavy atom. The molecule has 0 fully saturated rings. The van der Waals surface area contributed by atoms with Crippen LogP contribution in [0.1, 0.15) is 13.8 Å². The van der Waals surface area contributed by atoms with Crippen molar-refractivity contribution >= 4 is 11.8 Å². The van der Waals surface area contributed by atoms with Crippen LogP contribution in [0.4, 0.5) is 0 Å². The van der Waals surface area contributed by atoms with E-state index in [-0.39, 0.29) is 17.6 Å². The Balaban J connectivity index is 2.50. The number of hydrogen-bond donors (Lipinski definition) is 2. The number of nitrogens with zero attached hydrogens (tertiary/aromatic N) is 2. The van der Waals surface area contributed by atoms with Crippen LogP contribution >= 0.6 is 11.8 Å². The van der Waals surface area contributed by atoms with E-state index in [9.17, 15) is 4.79 Å². The first-order chi connectivity index (χ1) is 7.61. The lowest BCUT2D eigenvalue weighted by atomic mass is 10.3. The highest BCUT2D eigenvalue weighted by atomic mass is 32.2. The fraction of sp³-hybridized carbons (Fsp3) is 0.500. The molecular weight excluding hydrogens is 224 g/mol. The lowest BCUT2D eigenvalue weighted by Crippen LogP contribution is -2.35. The molecule has 5 nitrogen and oxygen atoms in total. The molecule has 0 bridgehead atoms. The number of aromatic nitrogens is 2. The number of thioether (sulfide) groups is 1. The molecule has 1 unspecified atom stereocenters. The minimum absolute atomic E-state index is 0.178. The zero-order valence-corrected chi connectivity index (χ0v) is 10.0. The highest BCUT2D eigenvalue weighted by Gasteiger charge is 2.09. The maximum absolute atomic E-state index is 11.0. The zero-order chi connectivity index (χ0) is 12.0. The van der Waals surface area contributed by atoms with Crippen LogP contribution in [0.5, 0.6) is 0 Å². The lowest BCUT2D eigenvalue weighted by Gasteiger charge is -2.13. The Bertz CT molecular complexity index is 423. The Hall–Kier alpha value is -1.32. The van der Waals surface area contributed by atoms with Gasteiger partial charge in [-0.15, -0.1) is 0 Å². The van der Waals surface area contributed by atoms with Gasteiger partial charge in [0.15, 0.2) is 5.16 Å². The minimum atomic E-state index is -0.240. The van der Waals surface area contributed by atoms with E-state index >= 15 is 0 Å². The van der Waals surface area contributed by atoms with E-state index in [1.165, 1.54) is 24.0 Å². The highest BCUT2D eigenvalue weighted by Crippen LogP contribution is 2.11. The van der Waals surface area contributed by atoms with Gasteiger partial charge in [0.1, 0.15) is 6.04 Å². The van der Waals surface area contributed by atoms with Gasteiger partial charge in [0.05, 0.1) is 6.07 Å². The Morgan fingerprint density at radius 2 is 2.44 bits per heavy atom. The molecule has 0 amide bonds. The van der Waals surface area contributed by atoms with E-state index in [2.05, 4.69) is 21.4 Å². The predicted octanol–water partition coefficient (Wildman–Crippen LogP) is 0.752. The monoisotopic (exact) mass is 238 g/mol. The summed E-state index contributed by atoms with van der Waals surface area (Å²) in [6.45, 7) is 3.97. The van der Waals surface area contributed by atoms with E-state index in [1.807, 2.05) is 13.8 Å². The summed E-state index contributed by atoms with van der Waals surface area (Å²) in [6, 6.07) is 3.54. The van der Waals surface area contributed by atoms with Crippen LogP contribution in [-0.4, -0.2) is 27.8 Å². The van der Waals surface area contributed by atoms with Crippen LogP contribution in [0.25, 0.3) is 0 Å². The van der Waals surface area contributed by atoms with Crippen molar-refractivity contribution in [1.82, 2.24) is 15.3 Å². The summed E-state index contributed by atoms with van der Waals surface area (Å²) in [6.07, 6.45) is 1.46. The summed E-state index contributed by atoms with van der Waals surface area (Å²) in [5.41, 5.74) is -0.178. The summed E-state index contributed by atoms with van der Waals surface area (Å²) in [7, 11) is 0. The maximum Gasteiger partial charge on any atom is 0.251 e. The average molecular weight is 238 g/mol. The largest absolute Gasteiger partial charge is 0.301 e. The third kappa shape index (κ3) is 4.47. The van der Waals surface area contributed by atoms with Crippen molar-refractivity contribution in [3.63, 3.8) is 0 Å². The van der Waals surface area contributed by atoms with Gasteiger partial charge in [-0.1, -0.05) is 11.8 Å². The van der Waals surface area contributed by atoms with Crippen LogP contribution in [0.3, 0.4) is 0 Å². The van der Waals surface area contributed by atoms with Crippen molar-refractivity contribution in [2.45, 2.75) is 31.1 Å². The molecule has 0 saturated carbocycles. The van der Waals surface area contributed by atoms with Gasteiger partial charge < -0.3 is 4.98 Å². The Morgan fingerprint density at radius 3 is 3.00 bits per heavy atom. The van der Waals surface area contributed by atoms with Crippen molar-refractivity contribution in [2.75, 3.05) is 5.75 Å². The molecule has 1 rings (SSSR count). The number of aromatic amines is 1. The number of hydrogen-bond acceptors (Lipinski definition) is 5. The molecule has 0 spiro atoms. The molecule has 0 aliphatic rings. The SMILES string of the molecule is CC(C)NC(C#N)CSc1nccc(=O)[nH]1. The molecule has 0 radical (unpaired) electrons. The van der Waals surface area contributed by atoms with Crippen LogP contribution in [0.15, 0.2) is 22.2 Å². The summed E-state index contributed by atoms with van der Waals surface area (Å²) in [4.78, 5) is 17.6. The third-order valence-electron chi connectivity index (χ3n) is 1.72.